The molecule has 1 aromatic heterocycles. The van der Waals surface area contributed by atoms with Crippen LogP contribution in [0.2, 0.25) is 0 Å². The minimum atomic E-state index is -4.44. The smallest absolute Gasteiger partial charge is 0.416 e. The Morgan fingerprint density at radius 1 is 1.35 bits per heavy atom. The molecule has 1 fully saturated rings. The number of aromatic carboxylic acids is 1. The predicted molar refractivity (Wildman–Crippen MR) is 88.4 cm³/mol. The van der Waals surface area contributed by atoms with E-state index in [4.69, 9.17) is 5.11 Å². The van der Waals surface area contributed by atoms with Crippen LogP contribution < -0.4 is 4.90 Å². The van der Waals surface area contributed by atoms with Crippen LogP contribution in [0, 0.1) is 6.92 Å². The van der Waals surface area contributed by atoms with Crippen molar-refractivity contribution < 1.29 is 27.9 Å². The standard InChI is InChI=1S/C16H14F3N3O3S/c1-9-12(13(23)24)26-14(20-9)22-6-5-21(15(22)25)8-10-3-2-4-11(7-10)16(17,18)19/h2-4,7H,5-6,8H2,1H3,(H,23,24). The number of benzene rings is 1. The number of urea groups is 1. The van der Waals surface area contributed by atoms with Crippen LogP contribution in [0.5, 0.6) is 0 Å². The van der Waals surface area contributed by atoms with Crippen LogP contribution in [0.15, 0.2) is 24.3 Å². The van der Waals surface area contributed by atoms with Gasteiger partial charge in [0, 0.05) is 19.6 Å². The lowest BCUT2D eigenvalue weighted by atomic mass is 10.1. The lowest BCUT2D eigenvalue weighted by Crippen LogP contribution is -2.31. The van der Waals surface area contributed by atoms with Crippen molar-refractivity contribution in [2.45, 2.75) is 19.6 Å². The molecule has 2 aromatic rings. The van der Waals surface area contributed by atoms with Crippen molar-refractivity contribution in [3.8, 4) is 0 Å². The molecule has 1 aromatic carbocycles. The number of rotatable bonds is 4. The third-order valence-electron chi connectivity index (χ3n) is 3.93. The maximum Gasteiger partial charge on any atom is 0.416 e. The molecule has 2 amide bonds. The first-order chi connectivity index (χ1) is 12.2. The molecule has 0 bridgehead atoms. The van der Waals surface area contributed by atoms with E-state index in [9.17, 15) is 22.8 Å². The predicted octanol–water partition coefficient (Wildman–Crippen LogP) is 3.61. The fourth-order valence-corrected chi connectivity index (χ4v) is 3.59. The van der Waals surface area contributed by atoms with Crippen LogP contribution in [0.3, 0.4) is 0 Å². The number of thiazole rings is 1. The van der Waals surface area contributed by atoms with Gasteiger partial charge in [-0.05, 0) is 24.6 Å². The normalized spacial score (nSPS) is 15.0. The van der Waals surface area contributed by atoms with E-state index in [-0.39, 0.29) is 16.6 Å². The summed E-state index contributed by atoms with van der Waals surface area (Å²) in [5, 5.41) is 9.37. The SMILES string of the molecule is Cc1nc(N2CCN(Cc3cccc(C(F)(F)F)c3)C2=O)sc1C(=O)O. The molecule has 138 valence electrons. The molecule has 0 radical (unpaired) electrons. The number of carbonyl (C=O) groups excluding carboxylic acids is 1. The van der Waals surface area contributed by atoms with Crippen LogP contribution in [-0.4, -0.2) is 40.1 Å². The molecular weight excluding hydrogens is 371 g/mol. The van der Waals surface area contributed by atoms with E-state index < -0.39 is 23.7 Å². The lowest BCUT2D eigenvalue weighted by molar-refractivity contribution is -0.137. The summed E-state index contributed by atoms with van der Waals surface area (Å²) in [6.45, 7) is 2.19. The molecular formula is C16H14F3N3O3S. The Balaban J connectivity index is 1.76. The minimum absolute atomic E-state index is 0.0371. The van der Waals surface area contributed by atoms with Gasteiger partial charge in [-0.1, -0.05) is 23.5 Å². The van der Waals surface area contributed by atoms with Crippen LogP contribution in [0.25, 0.3) is 0 Å². The second kappa shape index (κ2) is 6.60. The fraction of sp³-hybridized carbons (Fsp3) is 0.312. The van der Waals surface area contributed by atoms with Gasteiger partial charge >= 0.3 is 18.2 Å². The Bertz CT molecular complexity index is 866. The molecule has 1 saturated heterocycles. The van der Waals surface area contributed by atoms with E-state index in [1.807, 2.05) is 0 Å². The van der Waals surface area contributed by atoms with Crippen LogP contribution in [-0.2, 0) is 12.7 Å². The van der Waals surface area contributed by atoms with E-state index in [0.29, 0.717) is 24.3 Å². The average molecular weight is 385 g/mol. The quantitative estimate of drug-likeness (QED) is 0.873. The third kappa shape index (κ3) is 3.50. The number of carbonyl (C=O) groups is 2. The lowest BCUT2D eigenvalue weighted by Gasteiger charge is -2.17. The first-order valence-electron chi connectivity index (χ1n) is 7.60. The minimum Gasteiger partial charge on any atom is -0.477 e. The first kappa shape index (κ1) is 18.2. The van der Waals surface area contributed by atoms with Gasteiger partial charge in [0.25, 0.3) is 0 Å². The summed E-state index contributed by atoms with van der Waals surface area (Å²) in [6, 6.07) is 4.42. The molecule has 10 heteroatoms. The maximum atomic E-state index is 12.8. The van der Waals surface area contributed by atoms with E-state index in [1.54, 1.807) is 6.92 Å². The van der Waals surface area contributed by atoms with Gasteiger partial charge in [-0.2, -0.15) is 13.2 Å². The number of halogens is 3. The van der Waals surface area contributed by atoms with Gasteiger partial charge in [-0.15, -0.1) is 0 Å². The molecule has 0 saturated carbocycles. The topological polar surface area (TPSA) is 73.7 Å². The molecule has 0 aliphatic carbocycles. The first-order valence-corrected chi connectivity index (χ1v) is 8.42. The Morgan fingerprint density at radius 3 is 2.69 bits per heavy atom. The number of alkyl halides is 3. The van der Waals surface area contributed by atoms with E-state index in [2.05, 4.69) is 4.98 Å². The average Bonchev–Trinajstić information content (AvgIpc) is 3.10. The number of aryl methyl sites for hydroxylation is 1. The Morgan fingerprint density at radius 2 is 2.08 bits per heavy atom. The van der Waals surface area contributed by atoms with E-state index >= 15 is 0 Å². The van der Waals surface area contributed by atoms with Gasteiger partial charge in [0.1, 0.15) is 4.88 Å². The summed E-state index contributed by atoms with van der Waals surface area (Å²) in [4.78, 5) is 30.6. The van der Waals surface area contributed by atoms with Crippen molar-refractivity contribution in [1.82, 2.24) is 9.88 Å². The van der Waals surface area contributed by atoms with Gasteiger partial charge in [-0.3, -0.25) is 4.90 Å². The van der Waals surface area contributed by atoms with Crippen molar-refractivity contribution in [2.24, 2.45) is 0 Å². The molecule has 26 heavy (non-hydrogen) atoms. The summed E-state index contributed by atoms with van der Waals surface area (Å²) >= 11 is 0.902. The summed E-state index contributed by atoms with van der Waals surface area (Å²) in [6.07, 6.45) is -4.44. The summed E-state index contributed by atoms with van der Waals surface area (Å²) in [7, 11) is 0. The molecule has 0 spiro atoms. The second-order valence-corrected chi connectivity index (χ2v) is 6.75. The van der Waals surface area contributed by atoms with Crippen LogP contribution >= 0.6 is 11.3 Å². The highest BCUT2D eigenvalue weighted by molar-refractivity contribution is 7.17. The highest BCUT2D eigenvalue weighted by atomic mass is 32.1. The second-order valence-electron chi connectivity index (χ2n) is 5.77. The van der Waals surface area contributed by atoms with Gasteiger partial charge in [0.2, 0.25) is 0 Å². The van der Waals surface area contributed by atoms with E-state index in [0.717, 1.165) is 23.5 Å². The Labute approximate surface area is 150 Å². The zero-order chi connectivity index (χ0) is 19.1. The maximum absolute atomic E-state index is 12.8. The molecule has 3 rings (SSSR count). The number of hydrogen-bond acceptors (Lipinski definition) is 4. The number of carboxylic acid groups (broad SMARTS) is 1. The Hall–Kier alpha value is -2.62. The third-order valence-corrected chi connectivity index (χ3v) is 5.10. The van der Waals surface area contributed by atoms with Crippen LogP contribution in [0.1, 0.15) is 26.5 Å². The molecule has 6 nitrogen and oxygen atoms in total. The number of nitrogens with zero attached hydrogens (tertiary/aromatic N) is 3. The molecule has 1 aliphatic heterocycles. The summed E-state index contributed by atoms with van der Waals surface area (Å²) in [5.74, 6) is -1.11. The highest BCUT2D eigenvalue weighted by Gasteiger charge is 2.34. The van der Waals surface area contributed by atoms with Crippen molar-refractivity contribution in [2.75, 3.05) is 18.0 Å². The van der Waals surface area contributed by atoms with Crippen LogP contribution in [0.4, 0.5) is 23.1 Å². The summed E-state index contributed by atoms with van der Waals surface area (Å²) < 4.78 is 38.4. The van der Waals surface area contributed by atoms with Gasteiger partial charge < -0.3 is 10.0 Å². The zero-order valence-corrected chi connectivity index (χ0v) is 14.4. The molecule has 1 aliphatic rings. The number of carboxylic acids is 1. The molecule has 0 atom stereocenters. The van der Waals surface area contributed by atoms with Gasteiger partial charge in [0.05, 0.1) is 11.3 Å². The number of hydrogen-bond donors (Lipinski definition) is 1. The fourth-order valence-electron chi connectivity index (χ4n) is 2.67. The van der Waals surface area contributed by atoms with Gasteiger partial charge in [0.15, 0.2) is 5.13 Å². The zero-order valence-electron chi connectivity index (χ0n) is 13.6. The number of anilines is 1. The number of amides is 2. The Kier molecular flexibility index (Phi) is 4.61. The summed E-state index contributed by atoms with van der Waals surface area (Å²) in [5.41, 5.74) is -0.0710. The van der Waals surface area contributed by atoms with Gasteiger partial charge in [-0.25, -0.2) is 14.6 Å². The highest BCUT2D eigenvalue weighted by Crippen LogP contribution is 2.31. The largest absolute Gasteiger partial charge is 0.477 e. The number of aromatic nitrogens is 1. The van der Waals surface area contributed by atoms with Crippen molar-refractivity contribution >= 4 is 28.5 Å². The molecule has 0 unspecified atom stereocenters. The molecule has 1 N–H and O–H groups in total. The van der Waals surface area contributed by atoms with Crippen molar-refractivity contribution in [3.63, 3.8) is 0 Å². The molecule has 2 heterocycles. The van der Waals surface area contributed by atoms with Crippen molar-refractivity contribution in [1.29, 1.82) is 0 Å². The van der Waals surface area contributed by atoms with E-state index in [1.165, 1.54) is 21.9 Å². The monoisotopic (exact) mass is 385 g/mol. The van der Waals surface area contributed by atoms with Crippen molar-refractivity contribution in [3.05, 3.63) is 46.0 Å².